The van der Waals surface area contributed by atoms with E-state index in [-0.39, 0.29) is 18.4 Å². The Morgan fingerprint density at radius 3 is 2.80 bits per heavy atom. The van der Waals surface area contributed by atoms with Gasteiger partial charge in [-0.3, -0.25) is 4.79 Å². The SMILES string of the molecule is CC(C)Oc1ncc(C(=O)CN)cc1Cl. The molecule has 0 saturated carbocycles. The van der Waals surface area contributed by atoms with E-state index in [1.807, 2.05) is 13.8 Å². The molecule has 0 unspecified atom stereocenters. The van der Waals surface area contributed by atoms with Gasteiger partial charge in [0.15, 0.2) is 5.78 Å². The number of aromatic nitrogens is 1. The van der Waals surface area contributed by atoms with E-state index in [0.717, 1.165) is 0 Å². The summed E-state index contributed by atoms with van der Waals surface area (Å²) in [7, 11) is 0. The van der Waals surface area contributed by atoms with Crippen LogP contribution in [0.4, 0.5) is 0 Å². The summed E-state index contributed by atoms with van der Waals surface area (Å²) in [6.07, 6.45) is 1.41. The summed E-state index contributed by atoms with van der Waals surface area (Å²) in [5.41, 5.74) is 5.62. The Labute approximate surface area is 93.4 Å². The van der Waals surface area contributed by atoms with Gasteiger partial charge >= 0.3 is 0 Å². The Morgan fingerprint density at radius 1 is 1.67 bits per heavy atom. The Kier molecular flexibility index (Phi) is 4.05. The molecule has 15 heavy (non-hydrogen) atoms. The van der Waals surface area contributed by atoms with Crippen LogP contribution in [0.25, 0.3) is 0 Å². The highest BCUT2D eigenvalue weighted by Gasteiger charge is 2.10. The average molecular weight is 229 g/mol. The Hall–Kier alpha value is -1.13. The molecule has 2 N–H and O–H groups in total. The molecule has 0 atom stereocenters. The van der Waals surface area contributed by atoms with Crippen LogP contribution in [0, 0.1) is 0 Å². The Morgan fingerprint density at radius 2 is 2.33 bits per heavy atom. The third-order valence-corrected chi connectivity index (χ3v) is 1.93. The predicted molar refractivity (Wildman–Crippen MR) is 58.4 cm³/mol. The molecule has 1 aromatic heterocycles. The van der Waals surface area contributed by atoms with Crippen LogP contribution in [0.1, 0.15) is 24.2 Å². The zero-order valence-corrected chi connectivity index (χ0v) is 9.41. The molecule has 0 fully saturated rings. The number of carbonyl (C=O) groups is 1. The van der Waals surface area contributed by atoms with Gasteiger partial charge in [-0.05, 0) is 19.9 Å². The molecule has 0 bridgehead atoms. The molecule has 1 rings (SSSR count). The maximum Gasteiger partial charge on any atom is 0.232 e. The minimum absolute atomic E-state index is 0.00828. The van der Waals surface area contributed by atoms with Crippen LogP contribution in [0.5, 0.6) is 5.88 Å². The van der Waals surface area contributed by atoms with Crippen molar-refractivity contribution >= 4 is 17.4 Å². The van der Waals surface area contributed by atoms with Crippen LogP contribution < -0.4 is 10.5 Å². The second kappa shape index (κ2) is 5.09. The number of Topliss-reactive ketones (excluding diaryl/α,β-unsaturated/α-hetero) is 1. The molecule has 0 aliphatic rings. The lowest BCUT2D eigenvalue weighted by Gasteiger charge is -2.10. The summed E-state index contributed by atoms with van der Waals surface area (Å²) in [5.74, 6) is 0.140. The maximum absolute atomic E-state index is 11.2. The molecule has 0 spiro atoms. The second-order valence-corrected chi connectivity index (χ2v) is 3.71. The lowest BCUT2D eigenvalue weighted by molar-refractivity contribution is 0.100. The number of ether oxygens (including phenoxy) is 1. The third-order valence-electron chi connectivity index (χ3n) is 1.66. The fourth-order valence-corrected chi connectivity index (χ4v) is 1.22. The molecular formula is C10H13ClN2O2. The van der Waals surface area contributed by atoms with Crippen molar-refractivity contribution < 1.29 is 9.53 Å². The van der Waals surface area contributed by atoms with E-state index in [2.05, 4.69) is 4.98 Å². The van der Waals surface area contributed by atoms with Crippen molar-refractivity contribution in [1.29, 1.82) is 0 Å². The topological polar surface area (TPSA) is 65.2 Å². The lowest BCUT2D eigenvalue weighted by atomic mass is 10.2. The van der Waals surface area contributed by atoms with Gasteiger partial charge in [-0.15, -0.1) is 0 Å². The van der Waals surface area contributed by atoms with Gasteiger partial charge in [0.2, 0.25) is 5.88 Å². The summed E-state index contributed by atoms with van der Waals surface area (Å²) in [6.45, 7) is 3.69. The zero-order chi connectivity index (χ0) is 11.4. The van der Waals surface area contributed by atoms with Crippen molar-refractivity contribution in [2.45, 2.75) is 20.0 Å². The minimum Gasteiger partial charge on any atom is -0.474 e. The fraction of sp³-hybridized carbons (Fsp3) is 0.400. The van der Waals surface area contributed by atoms with Crippen LogP contribution in [0.2, 0.25) is 5.02 Å². The number of pyridine rings is 1. The van der Waals surface area contributed by atoms with Crippen LogP contribution >= 0.6 is 11.6 Å². The summed E-state index contributed by atoms with van der Waals surface area (Å²) in [6, 6.07) is 1.52. The molecule has 0 aliphatic carbocycles. The molecule has 0 amide bonds. The van der Waals surface area contributed by atoms with Gasteiger partial charge in [0, 0.05) is 11.8 Å². The first kappa shape index (κ1) is 11.9. The average Bonchev–Trinajstić information content (AvgIpc) is 2.19. The summed E-state index contributed by atoms with van der Waals surface area (Å²) >= 11 is 5.89. The van der Waals surface area contributed by atoms with Gasteiger partial charge in [-0.1, -0.05) is 11.6 Å². The second-order valence-electron chi connectivity index (χ2n) is 3.30. The van der Waals surface area contributed by atoms with Crippen molar-refractivity contribution in [3.05, 3.63) is 22.8 Å². The molecular weight excluding hydrogens is 216 g/mol. The van der Waals surface area contributed by atoms with Gasteiger partial charge in [0.1, 0.15) is 5.02 Å². The lowest BCUT2D eigenvalue weighted by Crippen LogP contribution is -2.14. The number of ketones is 1. The van der Waals surface area contributed by atoms with E-state index in [4.69, 9.17) is 22.1 Å². The molecule has 82 valence electrons. The van der Waals surface area contributed by atoms with E-state index >= 15 is 0 Å². The monoisotopic (exact) mass is 228 g/mol. The van der Waals surface area contributed by atoms with Gasteiger partial charge < -0.3 is 10.5 Å². The van der Waals surface area contributed by atoms with E-state index in [1.165, 1.54) is 12.3 Å². The smallest absolute Gasteiger partial charge is 0.232 e. The van der Waals surface area contributed by atoms with Crippen molar-refractivity contribution in [3.8, 4) is 5.88 Å². The molecule has 0 radical (unpaired) electrons. The number of nitrogens with two attached hydrogens (primary N) is 1. The normalized spacial score (nSPS) is 10.5. The molecule has 0 aromatic carbocycles. The minimum atomic E-state index is -0.194. The largest absolute Gasteiger partial charge is 0.474 e. The first-order chi connectivity index (χ1) is 7.04. The van der Waals surface area contributed by atoms with Crippen molar-refractivity contribution in [3.63, 3.8) is 0 Å². The maximum atomic E-state index is 11.2. The molecule has 1 aromatic rings. The van der Waals surface area contributed by atoms with Crippen LogP contribution in [0.15, 0.2) is 12.3 Å². The summed E-state index contributed by atoms with van der Waals surface area (Å²) < 4.78 is 5.33. The quantitative estimate of drug-likeness (QED) is 0.796. The Bertz CT molecular complexity index is 366. The van der Waals surface area contributed by atoms with Crippen LogP contribution in [-0.4, -0.2) is 23.4 Å². The first-order valence-electron chi connectivity index (χ1n) is 4.60. The van der Waals surface area contributed by atoms with Gasteiger partial charge in [-0.2, -0.15) is 0 Å². The van der Waals surface area contributed by atoms with Crippen molar-refractivity contribution in [2.24, 2.45) is 5.73 Å². The predicted octanol–water partition coefficient (Wildman–Crippen LogP) is 1.66. The number of carbonyl (C=O) groups excluding carboxylic acids is 1. The molecule has 0 saturated heterocycles. The summed E-state index contributed by atoms with van der Waals surface area (Å²) in [4.78, 5) is 15.2. The van der Waals surface area contributed by atoms with Crippen LogP contribution in [0.3, 0.4) is 0 Å². The van der Waals surface area contributed by atoms with E-state index < -0.39 is 0 Å². The molecule has 5 heteroatoms. The first-order valence-corrected chi connectivity index (χ1v) is 4.98. The highest BCUT2D eigenvalue weighted by atomic mass is 35.5. The number of rotatable bonds is 4. The van der Waals surface area contributed by atoms with E-state index in [0.29, 0.717) is 16.5 Å². The standard InChI is InChI=1S/C10H13ClN2O2/c1-6(2)15-10-8(11)3-7(5-13-10)9(14)4-12/h3,5-6H,4,12H2,1-2H3. The molecule has 1 heterocycles. The van der Waals surface area contributed by atoms with E-state index in [1.54, 1.807) is 0 Å². The molecule has 4 nitrogen and oxygen atoms in total. The van der Waals surface area contributed by atoms with Crippen molar-refractivity contribution in [2.75, 3.05) is 6.54 Å². The van der Waals surface area contributed by atoms with Crippen LogP contribution in [-0.2, 0) is 0 Å². The highest BCUT2D eigenvalue weighted by molar-refractivity contribution is 6.32. The van der Waals surface area contributed by atoms with Gasteiger partial charge in [-0.25, -0.2) is 4.98 Å². The fourth-order valence-electron chi connectivity index (χ4n) is 1.01. The van der Waals surface area contributed by atoms with Crippen molar-refractivity contribution in [1.82, 2.24) is 4.98 Å². The number of hydrogen-bond acceptors (Lipinski definition) is 4. The van der Waals surface area contributed by atoms with E-state index in [9.17, 15) is 4.79 Å². The number of halogens is 1. The Balaban J connectivity index is 2.93. The third kappa shape index (κ3) is 3.18. The molecule has 0 aliphatic heterocycles. The number of hydrogen-bond donors (Lipinski definition) is 1. The van der Waals surface area contributed by atoms with Gasteiger partial charge in [0.25, 0.3) is 0 Å². The summed E-state index contributed by atoms with van der Waals surface area (Å²) in [5, 5.41) is 0.322. The zero-order valence-electron chi connectivity index (χ0n) is 8.66. The number of nitrogens with zero attached hydrogens (tertiary/aromatic N) is 1. The highest BCUT2D eigenvalue weighted by Crippen LogP contribution is 2.23. The van der Waals surface area contributed by atoms with Gasteiger partial charge in [0.05, 0.1) is 12.6 Å².